The van der Waals surface area contributed by atoms with Gasteiger partial charge in [-0.2, -0.15) is 0 Å². The summed E-state index contributed by atoms with van der Waals surface area (Å²) in [5.74, 6) is -0.101. The van der Waals surface area contributed by atoms with Gasteiger partial charge < -0.3 is 14.8 Å². The van der Waals surface area contributed by atoms with Crippen LogP contribution in [0.2, 0.25) is 0 Å². The van der Waals surface area contributed by atoms with Crippen LogP contribution in [0.5, 0.6) is 0 Å². The molecule has 1 unspecified atom stereocenters. The molecule has 15 heavy (non-hydrogen) atoms. The van der Waals surface area contributed by atoms with Crippen molar-refractivity contribution in [2.45, 2.75) is 38.7 Å². The van der Waals surface area contributed by atoms with E-state index in [1.54, 1.807) is 0 Å². The summed E-state index contributed by atoms with van der Waals surface area (Å²) in [5, 5.41) is 3.29. The van der Waals surface area contributed by atoms with E-state index in [1.807, 2.05) is 6.92 Å². The highest BCUT2D eigenvalue weighted by molar-refractivity contribution is 5.69. The van der Waals surface area contributed by atoms with Gasteiger partial charge in [-0.1, -0.05) is 0 Å². The molecule has 1 N–H and O–H groups in total. The van der Waals surface area contributed by atoms with Gasteiger partial charge in [0, 0.05) is 19.6 Å². The van der Waals surface area contributed by atoms with Crippen molar-refractivity contribution in [3.8, 4) is 0 Å². The zero-order chi connectivity index (χ0) is 10.9. The Morgan fingerprint density at radius 2 is 2.47 bits per heavy atom. The molecule has 4 heteroatoms. The van der Waals surface area contributed by atoms with Crippen molar-refractivity contribution in [2.75, 3.05) is 26.3 Å². The largest absolute Gasteiger partial charge is 0.466 e. The highest BCUT2D eigenvalue weighted by Crippen LogP contribution is 2.10. The van der Waals surface area contributed by atoms with Gasteiger partial charge in [-0.25, -0.2) is 0 Å². The number of rotatable bonds is 7. The lowest BCUT2D eigenvalue weighted by molar-refractivity contribution is -0.143. The second kappa shape index (κ2) is 7.65. The Kier molecular flexibility index (Phi) is 6.36. The fourth-order valence-corrected chi connectivity index (χ4v) is 1.66. The maximum atomic E-state index is 11.0. The standard InChI is InChI=1S/C11H21NO3/c1-2-14-11(13)6-3-7-12-9-10-5-4-8-15-10/h10,12H,2-9H2,1H3. The summed E-state index contributed by atoms with van der Waals surface area (Å²) in [7, 11) is 0. The van der Waals surface area contributed by atoms with Gasteiger partial charge in [0.25, 0.3) is 0 Å². The molecule has 0 aliphatic carbocycles. The first-order valence-corrected chi connectivity index (χ1v) is 5.81. The van der Waals surface area contributed by atoms with E-state index in [9.17, 15) is 4.79 Å². The van der Waals surface area contributed by atoms with Crippen LogP contribution in [0.4, 0.5) is 0 Å². The van der Waals surface area contributed by atoms with E-state index in [2.05, 4.69) is 5.32 Å². The van der Waals surface area contributed by atoms with Crippen LogP contribution in [0.1, 0.15) is 32.6 Å². The molecule has 0 radical (unpaired) electrons. The minimum atomic E-state index is -0.101. The second-order valence-electron chi connectivity index (χ2n) is 3.75. The Morgan fingerprint density at radius 1 is 1.60 bits per heavy atom. The van der Waals surface area contributed by atoms with Gasteiger partial charge in [-0.05, 0) is 32.7 Å². The number of carbonyl (C=O) groups is 1. The normalized spacial score (nSPS) is 20.5. The maximum absolute atomic E-state index is 11.0. The molecule has 1 rings (SSSR count). The summed E-state index contributed by atoms with van der Waals surface area (Å²) in [6.45, 7) is 4.96. The fraction of sp³-hybridized carbons (Fsp3) is 0.909. The van der Waals surface area contributed by atoms with Crippen molar-refractivity contribution in [3.05, 3.63) is 0 Å². The lowest BCUT2D eigenvalue weighted by atomic mass is 10.2. The summed E-state index contributed by atoms with van der Waals surface area (Å²) in [6, 6.07) is 0. The highest BCUT2D eigenvalue weighted by atomic mass is 16.5. The van der Waals surface area contributed by atoms with Crippen LogP contribution in [-0.2, 0) is 14.3 Å². The minimum absolute atomic E-state index is 0.101. The first-order valence-electron chi connectivity index (χ1n) is 5.81. The molecule has 0 aromatic carbocycles. The number of esters is 1. The lowest BCUT2D eigenvalue weighted by Crippen LogP contribution is -2.27. The molecule has 0 amide bonds. The van der Waals surface area contributed by atoms with Crippen LogP contribution >= 0.6 is 0 Å². The third-order valence-electron chi connectivity index (χ3n) is 2.44. The minimum Gasteiger partial charge on any atom is -0.466 e. The average Bonchev–Trinajstić information content (AvgIpc) is 2.70. The lowest BCUT2D eigenvalue weighted by Gasteiger charge is -2.10. The molecule has 1 fully saturated rings. The fourth-order valence-electron chi connectivity index (χ4n) is 1.66. The predicted molar refractivity (Wildman–Crippen MR) is 57.7 cm³/mol. The number of nitrogens with one attached hydrogen (secondary N) is 1. The molecule has 1 saturated heterocycles. The Labute approximate surface area is 91.3 Å². The topological polar surface area (TPSA) is 47.6 Å². The average molecular weight is 215 g/mol. The van der Waals surface area contributed by atoms with Crippen molar-refractivity contribution in [1.29, 1.82) is 0 Å². The Balaban J connectivity index is 1.86. The van der Waals surface area contributed by atoms with Crippen LogP contribution in [0.3, 0.4) is 0 Å². The third kappa shape index (κ3) is 5.74. The van der Waals surface area contributed by atoms with Gasteiger partial charge >= 0.3 is 5.97 Å². The molecule has 88 valence electrons. The molecule has 0 spiro atoms. The Hall–Kier alpha value is -0.610. The molecule has 0 aromatic rings. The summed E-state index contributed by atoms with van der Waals surface area (Å²) >= 11 is 0. The van der Waals surface area contributed by atoms with E-state index < -0.39 is 0 Å². The summed E-state index contributed by atoms with van der Waals surface area (Å²) in [6.07, 6.45) is 4.06. The van der Waals surface area contributed by atoms with Crippen molar-refractivity contribution in [1.82, 2.24) is 5.32 Å². The molecule has 1 aliphatic rings. The van der Waals surface area contributed by atoms with Gasteiger partial charge in [0.1, 0.15) is 0 Å². The van der Waals surface area contributed by atoms with Gasteiger partial charge in [0.2, 0.25) is 0 Å². The number of carbonyl (C=O) groups excluding carboxylic acids is 1. The Bertz CT molecular complexity index is 179. The maximum Gasteiger partial charge on any atom is 0.305 e. The molecule has 4 nitrogen and oxygen atoms in total. The van der Waals surface area contributed by atoms with Crippen molar-refractivity contribution in [3.63, 3.8) is 0 Å². The molecular formula is C11H21NO3. The zero-order valence-electron chi connectivity index (χ0n) is 9.46. The molecule has 0 aromatic heterocycles. The SMILES string of the molecule is CCOC(=O)CCCNCC1CCCO1. The van der Waals surface area contributed by atoms with E-state index in [0.717, 1.165) is 32.5 Å². The quantitative estimate of drug-likeness (QED) is 0.510. The van der Waals surface area contributed by atoms with Crippen LogP contribution in [-0.4, -0.2) is 38.4 Å². The van der Waals surface area contributed by atoms with Crippen LogP contribution in [0.25, 0.3) is 0 Å². The van der Waals surface area contributed by atoms with Gasteiger partial charge in [-0.15, -0.1) is 0 Å². The van der Waals surface area contributed by atoms with Crippen molar-refractivity contribution >= 4 is 5.97 Å². The first-order chi connectivity index (χ1) is 7.33. The van der Waals surface area contributed by atoms with Gasteiger partial charge in [0.05, 0.1) is 12.7 Å². The predicted octanol–water partition coefficient (Wildman–Crippen LogP) is 1.10. The van der Waals surface area contributed by atoms with E-state index in [0.29, 0.717) is 19.1 Å². The monoisotopic (exact) mass is 215 g/mol. The van der Waals surface area contributed by atoms with Crippen LogP contribution < -0.4 is 5.32 Å². The van der Waals surface area contributed by atoms with Gasteiger partial charge in [0.15, 0.2) is 0 Å². The molecule has 0 saturated carbocycles. The van der Waals surface area contributed by atoms with E-state index in [-0.39, 0.29) is 5.97 Å². The summed E-state index contributed by atoms with van der Waals surface area (Å²) in [5.41, 5.74) is 0. The molecule has 1 aliphatic heterocycles. The van der Waals surface area contributed by atoms with Crippen LogP contribution in [0.15, 0.2) is 0 Å². The van der Waals surface area contributed by atoms with Crippen molar-refractivity contribution in [2.24, 2.45) is 0 Å². The van der Waals surface area contributed by atoms with E-state index in [1.165, 1.54) is 6.42 Å². The molecular weight excluding hydrogens is 194 g/mol. The second-order valence-corrected chi connectivity index (χ2v) is 3.75. The number of hydrogen-bond acceptors (Lipinski definition) is 4. The third-order valence-corrected chi connectivity index (χ3v) is 2.44. The van der Waals surface area contributed by atoms with Crippen molar-refractivity contribution < 1.29 is 14.3 Å². The molecule has 1 heterocycles. The summed E-state index contributed by atoms with van der Waals surface area (Å²) in [4.78, 5) is 11.0. The molecule has 0 bridgehead atoms. The number of ether oxygens (including phenoxy) is 2. The van der Waals surface area contributed by atoms with E-state index >= 15 is 0 Å². The van der Waals surface area contributed by atoms with Crippen LogP contribution in [0, 0.1) is 0 Å². The number of hydrogen-bond donors (Lipinski definition) is 1. The van der Waals surface area contributed by atoms with Gasteiger partial charge in [-0.3, -0.25) is 4.79 Å². The smallest absolute Gasteiger partial charge is 0.305 e. The first kappa shape index (κ1) is 12.5. The summed E-state index contributed by atoms with van der Waals surface area (Å²) < 4.78 is 10.3. The molecule has 1 atom stereocenters. The highest BCUT2D eigenvalue weighted by Gasteiger charge is 2.14. The van der Waals surface area contributed by atoms with E-state index in [4.69, 9.17) is 9.47 Å². The zero-order valence-corrected chi connectivity index (χ0v) is 9.46. The Morgan fingerprint density at radius 3 is 3.13 bits per heavy atom.